The molecule has 1 aromatic heterocycles. The Hall–Kier alpha value is -1.28. The zero-order chi connectivity index (χ0) is 16.9. The highest BCUT2D eigenvalue weighted by molar-refractivity contribution is 5.94. The molecular weight excluding hydrogens is 379 g/mol. The van der Waals surface area contributed by atoms with Gasteiger partial charge in [0.05, 0.1) is 18.7 Å². The lowest BCUT2D eigenvalue weighted by molar-refractivity contribution is -0.133. The molecule has 26 heavy (non-hydrogen) atoms. The van der Waals surface area contributed by atoms with Gasteiger partial charge in [-0.2, -0.15) is 0 Å². The molecule has 2 N–H and O–H groups in total. The molecule has 1 aromatic rings. The van der Waals surface area contributed by atoms with Gasteiger partial charge in [-0.25, -0.2) is 0 Å². The molecule has 0 saturated carbocycles. The molecule has 0 bridgehead atoms. The quantitative estimate of drug-likeness (QED) is 0.815. The maximum Gasteiger partial charge on any atom is 0.257 e. The SMILES string of the molecule is Cl.Cl.NCc1cc(C(=O)N2CCN(CC(=O)N3CCCCC3)CC2)co1. The number of furan rings is 1. The number of piperidine rings is 1. The van der Waals surface area contributed by atoms with Crippen LogP contribution in [0.4, 0.5) is 0 Å². The van der Waals surface area contributed by atoms with Gasteiger partial charge in [0.1, 0.15) is 12.0 Å². The van der Waals surface area contributed by atoms with Crippen molar-refractivity contribution < 1.29 is 14.0 Å². The Labute approximate surface area is 166 Å². The number of likely N-dealkylation sites (tertiary alicyclic amines) is 1. The fourth-order valence-electron chi connectivity index (χ4n) is 3.33. The third-order valence-electron chi connectivity index (χ3n) is 4.83. The normalized spacial score (nSPS) is 18.0. The van der Waals surface area contributed by atoms with Gasteiger partial charge in [-0.15, -0.1) is 24.8 Å². The van der Waals surface area contributed by atoms with Crippen LogP contribution in [0.3, 0.4) is 0 Å². The van der Waals surface area contributed by atoms with E-state index in [-0.39, 0.29) is 36.6 Å². The molecule has 0 spiro atoms. The van der Waals surface area contributed by atoms with Gasteiger partial charge in [0.25, 0.3) is 5.91 Å². The van der Waals surface area contributed by atoms with Crippen molar-refractivity contribution >= 4 is 36.6 Å². The number of hydrogen-bond donors (Lipinski definition) is 1. The lowest BCUT2D eigenvalue weighted by atomic mass is 10.1. The predicted molar refractivity (Wildman–Crippen MR) is 104 cm³/mol. The van der Waals surface area contributed by atoms with Crippen molar-refractivity contribution in [2.45, 2.75) is 25.8 Å². The molecule has 2 amide bonds. The van der Waals surface area contributed by atoms with E-state index >= 15 is 0 Å². The van der Waals surface area contributed by atoms with E-state index in [1.54, 1.807) is 6.07 Å². The first-order valence-electron chi connectivity index (χ1n) is 8.74. The Morgan fingerprint density at radius 1 is 0.962 bits per heavy atom. The second-order valence-electron chi connectivity index (χ2n) is 6.52. The maximum atomic E-state index is 12.4. The second kappa shape index (κ2) is 10.8. The summed E-state index contributed by atoms with van der Waals surface area (Å²) in [5, 5.41) is 0. The van der Waals surface area contributed by atoms with Crippen LogP contribution in [-0.2, 0) is 11.3 Å². The molecule has 2 fully saturated rings. The summed E-state index contributed by atoms with van der Waals surface area (Å²) in [5.41, 5.74) is 6.06. The van der Waals surface area contributed by atoms with E-state index < -0.39 is 0 Å². The number of piperazine rings is 1. The van der Waals surface area contributed by atoms with Crippen LogP contribution in [0.25, 0.3) is 0 Å². The van der Waals surface area contributed by atoms with Crippen molar-refractivity contribution in [2.24, 2.45) is 5.73 Å². The number of halogens is 2. The summed E-state index contributed by atoms with van der Waals surface area (Å²) in [4.78, 5) is 30.7. The Balaban J connectivity index is 0.00000169. The van der Waals surface area contributed by atoms with E-state index in [0.29, 0.717) is 37.5 Å². The highest BCUT2D eigenvalue weighted by Gasteiger charge is 2.26. The molecule has 9 heteroatoms. The van der Waals surface area contributed by atoms with E-state index in [2.05, 4.69) is 4.90 Å². The summed E-state index contributed by atoms with van der Waals surface area (Å²) in [6.07, 6.45) is 4.92. The highest BCUT2D eigenvalue weighted by Crippen LogP contribution is 2.13. The van der Waals surface area contributed by atoms with Gasteiger partial charge in [-0.3, -0.25) is 14.5 Å². The van der Waals surface area contributed by atoms with Crippen LogP contribution < -0.4 is 5.73 Å². The number of rotatable bonds is 4. The number of nitrogens with two attached hydrogens (primary N) is 1. The zero-order valence-electron chi connectivity index (χ0n) is 14.9. The van der Waals surface area contributed by atoms with Crippen molar-refractivity contribution in [3.05, 3.63) is 23.7 Å². The molecule has 2 aliphatic heterocycles. The van der Waals surface area contributed by atoms with Crippen LogP contribution in [0, 0.1) is 0 Å². The van der Waals surface area contributed by atoms with Gasteiger partial charge >= 0.3 is 0 Å². The summed E-state index contributed by atoms with van der Waals surface area (Å²) in [6.45, 7) is 5.26. The molecule has 0 atom stereocenters. The largest absolute Gasteiger partial charge is 0.467 e. The van der Waals surface area contributed by atoms with Crippen LogP contribution in [0.5, 0.6) is 0 Å². The molecule has 148 valence electrons. The smallest absolute Gasteiger partial charge is 0.257 e. The molecule has 0 aromatic carbocycles. The van der Waals surface area contributed by atoms with Gasteiger partial charge in [-0.1, -0.05) is 0 Å². The van der Waals surface area contributed by atoms with Crippen LogP contribution in [0.15, 0.2) is 16.7 Å². The maximum absolute atomic E-state index is 12.4. The van der Waals surface area contributed by atoms with Gasteiger partial charge in [-0.05, 0) is 25.3 Å². The molecule has 0 radical (unpaired) electrons. The van der Waals surface area contributed by atoms with Gasteiger partial charge in [0.2, 0.25) is 5.91 Å². The molecule has 7 nitrogen and oxygen atoms in total. The van der Waals surface area contributed by atoms with Gasteiger partial charge < -0.3 is 20.0 Å². The molecular formula is C17H28Cl2N4O3. The monoisotopic (exact) mass is 406 g/mol. The van der Waals surface area contributed by atoms with Crippen molar-refractivity contribution in [1.29, 1.82) is 0 Å². The van der Waals surface area contributed by atoms with Crippen molar-refractivity contribution in [3.8, 4) is 0 Å². The first-order chi connectivity index (χ1) is 11.7. The fourth-order valence-corrected chi connectivity index (χ4v) is 3.33. The molecule has 3 rings (SSSR count). The van der Waals surface area contributed by atoms with Crippen LogP contribution in [-0.4, -0.2) is 72.3 Å². The second-order valence-corrected chi connectivity index (χ2v) is 6.52. The number of amides is 2. The van der Waals surface area contributed by atoms with E-state index in [1.807, 2.05) is 9.80 Å². The minimum atomic E-state index is -0.0274. The third kappa shape index (κ3) is 5.61. The Kier molecular flexibility index (Phi) is 9.43. The molecule has 0 unspecified atom stereocenters. The Bertz CT molecular complexity index is 582. The van der Waals surface area contributed by atoms with E-state index in [4.69, 9.17) is 10.2 Å². The van der Waals surface area contributed by atoms with Crippen LogP contribution in [0.1, 0.15) is 35.4 Å². The average Bonchev–Trinajstić information content (AvgIpc) is 3.11. The summed E-state index contributed by atoms with van der Waals surface area (Å²) < 4.78 is 5.23. The minimum absolute atomic E-state index is 0. The summed E-state index contributed by atoms with van der Waals surface area (Å²) in [5.74, 6) is 0.807. The number of carbonyl (C=O) groups is 2. The molecule has 2 saturated heterocycles. The zero-order valence-corrected chi connectivity index (χ0v) is 16.5. The number of carbonyl (C=O) groups excluding carboxylic acids is 2. The fraction of sp³-hybridized carbons (Fsp3) is 0.647. The first-order valence-corrected chi connectivity index (χ1v) is 8.74. The molecule has 0 aliphatic carbocycles. The topological polar surface area (TPSA) is 83.0 Å². The van der Waals surface area contributed by atoms with E-state index in [0.717, 1.165) is 39.0 Å². The number of hydrogen-bond acceptors (Lipinski definition) is 5. The van der Waals surface area contributed by atoms with Crippen molar-refractivity contribution in [3.63, 3.8) is 0 Å². The number of nitrogens with zero attached hydrogens (tertiary/aromatic N) is 3. The standard InChI is InChI=1S/C17H26N4O3.2ClH/c18-11-15-10-14(13-24-15)17(23)21-8-6-19(7-9-21)12-16(22)20-4-2-1-3-5-20;;/h10,13H,1-9,11-12,18H2;2*1H. The van der Waals surface area contributed by atoms with Crippen LogP contribution in [0.2, 0.25) is 0 Å². The lowest BCUT2D eigenvalue weighted by Crippen LogP contribution is -2.52. The van der Waals surface area contributed by atoms with Crippen molar-refractivity contribution in [2.75, 3.05) is 45.8 Å². The minimum Gasteiger partial charge on any atom is -0.467 e. The van der Waals surface area contributed by atoms with E-state index in [9.17, 15) is 9.59 Å². The summed E-state index contributed by atoms with van der Waals surface area (Å²) in [7, 11) is 0. The van der Waals surface area contributed by atoms with Gasteiger partial charge in [0.15, 0.2) is 0 Å². The molecule has 3 heterocycles. The lowest BCUT2D eigenvalue weighted by Gasteiger charge is -2.35. The third-order valence-corrected chi connectivity index (χ3v) is 4.83. The van der Waals surface area contributed by atoms with Crippen molar-refractivity contribution in [1.82, 2.24) is 14.7 Å². The molecule has 2 aliphatic rings. The summed E-state index contributed by atoms with van der Waals surface area (Å²) >= 11 is 0. The van der Waals surface area contributed by atoms with Gasteiger partial charge in [0, 0.05) is 39.3 Å². The van der Waals surface area contributed by atoms with E-state index in [1.165, 1.54) is 12.7 Å². The average molecular weight is 407 g/mol. The Morgan fingerprint density at radius 2 is 1.62 bits per heavy atom. The highest BCUT2D eigenvalue weighted by atomic mass is 35.5. The Morgan fingerprint density at radius 3 is 2.19 bits per heavy atom. The van der Waals surface area contributed by atoms with Crippen LogP contribution >= 0.6 is 24.8 Å². The predicted octanol–water partition coefficient (Wildman–Crippen LogP) is 1.35. The summed E-state index contributed by atoms with van der Waals surface area (Å²) in [6, 6.07) is 1.70. The first kappa shape index (κ1) is 22.8.